The molecule has 1 aliphatic heterocycles. The molecule has 1 saturated heterocycles. The molecule has 0 radical (unpaired) electrons. The molecular weight excluding hydrogens is 424 g/mol. The first-order chi connectivity index (χ1) is 15.5. The molecule has 1 amide bonds. The van der Waals surface area contributed by atoms with E-state index in [4.69, 9.17) is 4.74 Å². The summed E-state index contributed by atoms with van der Waals surface area (Å²) in [5.41, 5.74) is 3.81. The molecule has 3 aromatic rings. The molecule has 9 heteroatoms. The monoisotopic (exact) mass is 454 g/mol. The van der Waals surface area contributed by atoms with Gasteiger partial charge in [0.1, 0.15) is 5.75 Å². The topological polar surface area (TPSA) is 84.6 Å². The van der Waals surface area contributed by atoms with Crippen molar-refractivity contribution in [3.8, 4) is 5.75 Å². The minimum absolute atomic E-state index is 0.0136. The number of carbonyl (C=O) groups excluding carboxylic acids is 1. The van der Waals surface area contributed by atoms with Crippen molar-refractivity contribution < 1.29 is 9.53 Å². The number of rotatable bonds is 8. The molecular formula is C23H30N6O2S. The van der Waals surface area contributed by atoms with Gasteiger partial charge in [-0.05, 0) is 63.7 Å². The second-order valence-corrected chi connectivity index (χ2v) is 8.86. The summed E-state index contributed by atoms with van der Waals surface area (Å²) in [5, 5.41) is 8.32. The summed E-state index contributed by atoms with van der Waals surface area (Å²) < 4.78 is 7.03. The van der Waals surface area contributed by atoms with E-state index in [9.17, 15) is 4.79 Å². The zero-order valence-corrected chi connectivity index (χ0v) is 19.9. The second kappa shape index (κ2) is 9.87. The molecule has 1 fully saturated rings. The number of benzene rings is 1. The molecule has 0 bridgehead atoms. The van der Waals surface area contributed by atoms with Crippen molar-refractivity contribution >= 4 is 23.4 Å². The number of hydrogen-bond acceptors (Lipinski definition) is 7. The highest BCUT2D eigenvalue weighted by Crippen LogP contribution is 2.26. The lowest BCUT2D eigenvalue weighted by Crippen LogP contribution is -2.37. The van der Waals surface area contributed by atoms with Crippen molar-refractivity contribution in [1.29, 1.82) is 0 Å². The van der Waals surface area contributed by atoms with Gasteiger partial charge in [0.2, 0.25) is 11.1 Å². The SMILES string of the molecule is COc1ccc(C(CNC(=O)Cc2c(C)nc3nc(SC)nn3c2C)N2CCCC2)cc1. The van der Waals surface area contributed by atoms with Crippen molar-refractivity contribution in [2.75, 3.05) is 33.0 Å². The number of thioether (sulfide) groups is 1. The third-order valence-corrected chi connectivity index (χ3v) is 6.66. The van der Waals surface area contributed by atoms with E-state index in [-0.39, 0.29) is 18.4 Å². The number of likely N-dealkylation sites (tertiary alicyclic amines) is 1. The maximum Gasteiger partial charge on any atom is 0.253 e. The van der Waals surface area contributed by atoms with Crippen LogP contribution in [0.5, 0.6) is 5.75 Å². The van der Waals surface area contributed by atoms with Crippen LogP contribution in [0.1, 0.15) is 41.4 Å². The Bertz CT molecular complexity index is 1090. The van der Waals surface area contributed by atoms with E-state index in [0.717, 1.165) is 35.8 Å². The predicted molar refractivity (Wildman–Crippen MR) is 125 cm³/mol. The highest BCUT2D eigenvalue weighted by atomic mass is 32.2. The number of nitrogens with zero attached hydrogens (tertiary/aromatic N) is 5. The number of methoxy groups -OCH3 is 1. The van der Waals surface area contributed by atoms with Crippen LogP contribution in [0.25, 0.3) is 5.78 Å². The molecule has 1 aromatic carbocycles. The summed E-state index contributed by atoms with van der Waals surface area (Å²) >= 11 is 1.48. The van der Waals surface area contributed by atoms with Gasteiger partial charge in [0.15, 0.2) is 0 Å². The lowest BCUT2D eigenvalue weighted by Gasteiger charge is -2.28. The molecule has 8 nitrogen and oxygen atoms in total. The molecule has 1 aliphatic rings. The molecule has 4 rings (SSSR count). The molecule has 170 valence electrons. The lowest BCUT2D eigenvalue weighted by molar-refractivity contribution is -0.120. The fourth-order valence-corrected chi connectivity index (χ4v) is 4.64. The van der Waals surface area contributed by atoms with E-state index in [1.807, 2.05) is 32.2 Å². The van der Waals surface area contributed by atoms with Gasteiger partial charge in [-0.3, -0.25) is 9.69 Å². The molecule has 1 unspecified atom stereocenters. The van der Waals surface area contributed by atoms with Crippen LogP contribution in [-0.4, -0.2) is 63.4 Å². The molecule has 3 heterocycles. The largest absolute Gasteiger partial charge is 0.497 e. The second-order valence-electron chi connectivity index (χ2n) is 8.08. The summed E-state index contributed by atoms with van der Waals surface area (Å²) in [6.07, 6.45) is 4.59. The number of amides is 1. The van der Waals surface area contributed by atoms with Gasteiger partial charge in [-0.15, -0.1) is 5.10 Å². The van der Waals surface area contributed by atoms with Crippen molar-refractivity contribution in [3.05, 3.63) is 46.8 Å². The predicted octanol–water partition coefficient (Wildman–Crippen LogP) is 2.97. The molecule has 1 atom stereocenters. The number of hydrogen-bond donors (Lipinski definition) is 1. The van der Waals surface area contributed by atoms with E-state index in [0.29, 0.717) is 17.5 Å². The third-order valence-electron chi connectivity index (χ3n) is 6.12. The summed E-state index contributed by atoms with van der Waals surface area (Å²) in [6.45, 7) is 6.56. The highest BCUT2D eigenvalue weighted by molar-refractivity contribution is 7.98. The van der Waals surface area contributed by atoms with Crippen LogP contribution in [0.4, 0.5) is 0 Å². The van der Waals surface area contributed by atoms with E-state index < -0.39 is 0 Å². The first-order valence-corrected chi connectivity index (χ1v) is 12.1. The average Bonchev–Trinajstić information content (AvgIpc) is 3.47. The van der Waals surface area contributed by atoms with Crippen LogP contribution in [0.15, 0.2) is 29.4 Å². The Labute approximate surface area is 192 Å². The van der Waals surface area contributed by atoms with Crippen LogP contribution in [0.2, 0.25) is 0 Å². The van der Waals surface area contributed by atoms with Crippen molar-refractivity contribution in [3.63, 3.8) is 0 Å². The summed E-state index contributed by atoms with van der Waals surface area (Å²) in [4.78, 5) is 24.4. The van der Waals surface area contributed by atoms with Crippen LogP contribution in [0.3, 0.4) is 0 Å². The fourth-order valence-electron chi connectivity index (χ4n) is 4.30. The molecule has 1 N–H and O–H groups in total. The van der Waals surface area contributed by atoms with Crippen molar-refractivity contribution in [2.24, 2.45) is 0 Å². The Morgan fingerprint density at radius 2 is 1.91 bits per heavy atom. The minimum Gasteiger partial charge on any atom is -0.497 e. The summed E-state index contributed by atoms with van der Waals surface area (Å²) in [5.74, 6) is 1.40. The van der Waals surface area contributed by atoms with Gasteiger partial charge in [0, 0.05) is 23.5 Å². The Morgan fingerprint density at radius 3 is 2.56 bits per heavy atom. The number of nitrogens with one attached hydrogen (secondary N) is 1. The van der Waals surface area contributed by atoms with Crippen LogP contribution in [-0.2, 0) is 11.2 Å². The van der Waals surface area contributed by atoms with Gasteiger partial charge < -0.3 is 10.1 Å². The Hall–Kier alpha value is -2.65. The van der Waals surface area contributed by atoms with E-state index in [2.05, 4.69) is 37.4 Å². The number of carbonyl (C=O) groups is 1. The first-order valence-electron chi connectivity index (χ1n) is 10.9. The lowest BCUT2D eigenvalue weighted by atomic mass is 10.0. The Morgan fingerprint density at radius 1 is 1.19 bits per heavy atom. The normalized spacial score (nSPS) is 15.2. The summed E-state index contributed by atoms with van der Waals surface area (Å²) in [6, 6.07) is 8.29. The number of aromatic nitrogens is 4. The van der Waals surface area contributed by atoms with Gasteiger partial charge >= 0.3 is 0 Å². The van der Waals surface area contributed by atoms with Gasteiger partial charge in [-0.25, -0.2) is 9.50 Å². The van der Waals surface area contributed by atoms with Crippen LogP contribution < -0.4 is 10.1 Å². The van der Waals surface area contributed by atoms with Gasteiger partial charge in [-0.2, -0.15) is 4.98 Å². The smallest absolute Gasteiger partial charge is 0.253 e. The maximum absolute atomic E-state index is 12.9. The number of ether oxygens (including phenoxy) is 1. The van der Waals surface area contributed by atoms with Gasteiger partial charge in [0.05, 0.1) is 19.6 Å². The molecule has 32 heavy (non-hydrogen) atoms. The molecule has 0 spiro atoms. The zero-order valence-electron chi connectivity index (χ0n) is 19.1. The van der Waals surface area contributed by atoms with Crippen molar-refractivity contribution in [2.45, 2.75) is 44.3 Å². The standard InChI is InChI=1S/C23H30N6O2S/c1-15-19(16(2)29-22(25-15)26-23(27-29)32-4)13-21(30)24-14-20(28-11-5-6-12-28)17-7-9-18(31-3)10-8-17/h7-10,20H,5-6,11-14H2,1-4H3,(H,24,30). The molecule has 2 aromatic heterocycles. The maximum atomic E-state index is 12.9. The van der Waals surface area contributed by atoms with Gasteiger partial charge in [-0.1, -0.05) is 23.9 Å². The van der Waals surface area contributed by atoms with E-state index >= 15 is 0 Å². The quantitative estimate of drug-likeness (QED) is 0.524. The molecule has 0 aliphatic carbocycles. The summed E-state index contributed by atoms with van der Waals surface area (Å²) in [7, 11) is 1.67. The zero-order chi connectivity index (χ0) is 22.7. The van der Waals surface area contributed by atoms with E-state index in [1.54, 1.807) is 11.6 Å². The van der Waals surface area contributed by atoms with E-state index in [1.165, 1.54) is 30.2 Å². The minimum atomic E-state index is -0.0136. The Balaban J connectivity index is 1.48. The Kier molecular flexibility index (Phi) is 6.95. The van der Waals surface area contributed by atoms with Crippen molar-refractivity contribution in [1.82, 2.24) is 29.8 Å². The fraction of sp³-hybridized carbons (Fsp3) is 0.478. The third kappa shape index (κ3) is 4.73. The number of aryl methyl sites for hydroxylation is 2. The highest BCUT2D eigenvalue weighted by Gasteiger charge is 2.24. The van der Waals surface area contributed by atoms with Crippen LogP contribution >= 0.6 is 11.8 Å². The average molecular weight is 455 g/mol. The van der Waals surface area contributed by atoms with Gasteiger partial charge in [0.25, 0.3) is 5.78 Å². The molecule has 0 saturated carbocycles. The first kappa shape index (κ1) is 22.5. The van der Waals surface area contributed by atoms with Crippen LogP contribution in [0, 0.1) is 13.8 Å². The number of fused-ring (bicyclic) bond motifs is 1.